The summed E-state index contributed by atoms with van der Waals surface area (Å²) in [4.78, 5) is 12.7. The highest BCUT2D eigenvalue weighted by Crippen LogP contribution is 2.26. The Labute approximate surface area is 194 Å². The van der Waals surface area contributed by atoms with E-state index in [1.807, 2.05) is 84.3 Å². The molecule has 0 saturated heterocycles. The second-order valence-electron chi connectivity index (χ2n) is 7.62. The number of amides is 1. The van der Waals surface area contributed by atoms with E-state index in [2.05, 4.69) is 15.5 Å². The Morgan fingerprint density at radius 3 is 2.67 bits per heavy atom. The molecule has 0 saturated carbocycles. The molecule has 3 heterocycles. The molecular formula is C25H22N4O3S. The molecule has 0 aliphatic rings. The quantitative estimate of drug-likeness (QED) is 0.318. The number of carbonyl (C=O) groups is 1. The molecule has 0 spiro atoms. The summed E-state index contributed by atoms with van der Waals surface area (Å²) >= 11 is 1.34. The monoisotopic (exact) mass is 458 g/mol. The first-order chi connectivity index (χ1) is 16.2. The highest BCUT2D eigenvalue weighted by Gasteiger charge is 2.19. The number of carbonyl (C=O) groups excluding carboxylic acids is 1. The number of furan rings is 2. The summed E-state index contributed by atoms with van der Waals surface area (Å²) in [6.45, 7) is 2.48. The van der Waals surface area contributed by atoms with Crippen LogP contribution in [0.1, 0.15) is 24.3 Å². The SMILES string of the molecule is CC(NC(=O)CSc1nnc(-c2ccco2)n1Cc1ccccc1)c1cc2ccccc2o1. The van der Waals surface area contributed by atoms with E-state index in [4.69, 9.17) is 8.83 Å². The minimum absolute atomic E-state index is 0.109. The zero-order valence-corrected chi connectivity index (χ0v) is 18.8. The molecule has 3 aromatic heterocycles. The second-order valence-corrected chi connectivity index (χ2v) is 8.56. The van der Waals surface area contributed by atoms with Crippen LogP contribution in [0.3, 0.4) is 0 Å². The number of nitrogens with zero attached hydrogens (tertiary/aromatic N) is 3. The van der Waals surface area contributed by atoms with E-state index in [1.165, 1.54) is 11.8 Å². The van der Waals surface area contributed by atoms with Crippen molar-refractivity contribution in [3.05, 3.63) is 90.4 Å². The Balaban J connectivity index is 1.29. The molecule has 1 unspecified atom stereocenters. The Kier molecular flexibility index (Phi) is 5.99. The number of nitrogens with one attached hydrogen (secondary N) is 1. The van der Waals surface area contributed by atoms with Crippen molar-refractivity contribution < 1.29 is 13.6 Å². The average Bonchev–Trinajstić information content (AvgIpc) is 3.58. The van der Waals surface area contributed by atoms with Crippen molar-refractivity contribution in [2.45, 2.75) is 24.7 Å². The van der Waals surface area contributed by atoms with Crippen LogP contribution in [0, 0.1) is 0 Å². The number of fused-ring (bicyclic) bond motifs is 1. The smallest absolute Gasteiger partial charge is 0.231 e. The Morgan fingerprint density at radius 1 is 1.06 bits per heavy atom. The van der Waals surface area contributed by atoms with Crippen molar-refractivity contribution in [1.29, 1.82) is 0 Å². The van der Waals surface area contributed by atoms with Gasteiger partial charge in [-0.05, 0) is 36.8 Å². The van der Waals surface area contributed by atoms with Gasteiger partial charge in [0.15, 0.2) is 10.9 Å². The largest absolute Gasteiger partial charge is 0.461 e. The van der Waals surface area contributed by atoms with Gasteiger partial charge in [-0.15, -0.1) is 10.2 Å². The number of aromatic nitrogens is 3. The first-order valence-corrected chi connectivity index (χ1v) is 11.6. The Hall–Kier alpha value is -3.78. The van der Waals surface area contributed by atoms with Gasteiger partial charge in [-0.3, -0.25) is 9.36 Å². The number of benzene rings is 2. The summed E-state index contributed by atoms with van der Waals surface area (Å²) in [6.07, 6.45) is 1.61. The molecule has 7 nitrogen and oxygen atoms in total. The van der Waals surface area contributed by atoms with Crippen molar-refractivity contribution >= 4 is 28.6 Å². The van der Waals surface area contributed by atoms with E-state index >= 15 is 0 Å². The molecule has 1 atom stereocenters. The maximum atomic E-state index is 12.7. The van der Waals surface area contributed by atoms with Crippen LogP contribution in [-0.2, 0) is 11.3 Å². The van der Waals surface area contributed by atoms with Crippen molar-refractivity contribution in [2.24, 2.45) is 0 Å². The minimum Gasteiger partial charge on any atom is -0.461 e. The summed E-state index contributed by atoms with van der Waals surface area (Å²) in [5.41, 5.74) is 1.91. The molecular weight excluding hydrogens is 436 g/mol. The average molecular weight is 459 g/mol. The third kappa shape index (κ3) is 4.70. The molecule has 5 rings (SSSR count). The van der Waals surface area contributed by atoms with Gasteiger partial charge in [-0.2, -0.15) is 0 Å². The van der Waals surface area contributed by atoms with Gasteiger partial charge in [-0.1, -0.05) is 60.3 Å². The highest BCUT2D eigenvalue weighted by atomic mass is 32.2. The van der Waals surface area contributed by atoms with Crippen LogP contribution in [0.2, 0.25) is 0 Å². The van der Waals surface area contributed by atoms with Crippen molar-refractivity contribution in [3.63, 3.8) is 0 Å². The van der Waals surface area contributed by atoms with Gasteiger partial charge in [-0.25, -0.2) is 0 Å². The predicted molar refractivity (Wildman–Crippen MR) is 127 cm³/mol. The van der Waals surface area contributed by atoms with Gasteiger partial charge < -0.3 is 14.2 Å². The lowest BCUT2D eigenvalue weighted by molar-refractivity contribution is -0.119. The van der Waals surface area contributed by atoms with Crippen molar-refractivity contribution in [1.82, 2.24) is 20.1 Å². The number of thioether (sulfide) groups is 1. The summed E-state index contributed by atoms with van der Waals surface area (Å²) in [6, 6.07) is 23.2. The lowest BCUT2D eigenvalue weighted by Gasteiger charge is -2.12. The van der Waals surface area contributed by atoms with E-state index in [1.54, 1.807) is 6.26 Å². The molecule has 5 aromatic rings. The fourth-order valence-electron chi connectivity index (χ4n) is 3.59. The molecule has 166 valence electrons. The molecule has 0 fully saturated rings. The van der Waals surface area contributed by atoms with Crippen LogP contribution < -0.4 is 5.32 Å². The van der Waals surface area contributed by atoms with E-state index in [-0.39, 0.29) is 17.7 Å². The molecule has 1 N–H and O–H groups in total. The number of hydrogen-bond acceptors (Lipinski definition) is 6. The van der Waals surface area contributed by atoms with Gasteiger partial charge >= 0.3 is 0 Å². The highest BCUT2D eigenvalue weighted by molar-refractivity contribution is 7.99. The van der Waals surface area contributed by atoms with Crippen LogP contribution in [0.5, 0.6) is 0 Å². The zero-order chi connectivity index (χ0) is 22.6. The van der Waals surface area contributed by atoms with Crippen LogP contribution in [0.25, 0.3) is 22.6 Å². The molecule has 0 radical (unpaired) electrons. The number of para-hydroxylation sites is 1. The van der Waals surface area contributed by atoms with E-state index in [0.29, 0.717) is 23.3 Å². The molecule has 0 aliphatic carbocycles. The van der Waals surface area contributed by atoms with E-state index < -0.39 is 0 Å². The zero-order valence-electron chi connectivity index (χ0n) is 18.0. The van der Waals surface area contributed by atoms with Crippen LogP contribution in [-0.4, -0.2) is 26.4 Å². The summed E-state index contributed by atoms with van der Waals surface area (Å²) in [5.74, 6) is 2.08. The summed E-state index contributed by atoms with van der Waals surface area (Å²) in [7, 11) is 0. The fraction of sp³-hybridized carbons (Fsp3) is 0.160. The first-order valence-electron chi connectivity index (χ1n) is 10.6. The topological polar surface area (TPSA) is 86.1 Å². The van der Waals surface area contributed by atoms with Crippen molar-refractivity contribution in [2.75, 3.05) is 5.75 Å². The first kappa shape index (κ1) is 21.1. The van der Waals surface area contributed by atoms with Gasteiger partial charge in [0.1, 0.15) is 11.3 Å². The molecule has 2 aromatic carbocycles. The van der Waals surface area contributed by atoms with Gasteiger partial charge in [0.25, 0.3) is 0 Å². The third-order valence-corrected chi connectivity index (χ3v) is 6.19. The maximum absolute atomic E-state index is 12.7. The Morgan fingerprint density at radius 2 is 1.88 bits per heavy atom. The van der Waals surface area contributed by atoms with Crippen LogP contribution >= 0.6 is 11.8 Å². The molecule has 33 heavy (non-hydrogen) atoms. The predicted octanol–water partition coefficient (Wildman–Crippen LogP) is 5.30. The summed E-state index contributed by atoms with van der Waals surface area (Å²) in [5, 5.41) is 13.3. The molecule has 1 amide bonds. The van der Waals surface area contributed by atoms with Crippen LogP contribution in [0.4, 0.5) is 0 Å². The lowest BCUT2D eigenvalue weighted by Crippen LogP contribution is -2.28. The van der Waals surface area contributed by atoms with Crippen molar-refractivity contribution in [3.8, 4) is 11.6 Å². The van der Waals surface area contributed by atoms with E-state index in [0.717, 1.165) is 22.3 Å². The normalized spacial score (nSPS) is 12.2. The maximum Gasteiger partial charge on any atom is 0.231 e. The molecule has 0 bridgehead atoms. The second kappa shape index (κ2) is 9.38. The van der Waals surface area contributed by atoms with Crippen LogP contribution in [0.15, 0.2) is 93.1 Å². The van der Waals surface area contributed by atoms with Gasteiger partial charge in [0, 0.05) is 5.39 Å². The lowest BCUT2D eigenvalue weighted by atomic mass is 10.2. The molecule has 0 aliphatic heterocycles. The van der Waals surface area contributed by atoms with E-state index in [9.17, 15) is 4.79 Å². The number of hydrogen-bond donors (Lipinski definition) is 1. The minimum atomic E-state index is -0.244. The third-order valence-electron chi connectivity index (χ3n) is 5.22. The fourth-order valence-corrected chi connectivity index (χ4v) is 4.34. The standard InChI is InChI=1S/C25H22N4O3S/c1-17(22-14-19-10-5-6-11-20(19)32-22)26-23(30)16-33-25-28-27-24(21-12-7-13-31-21)29(25)15-18-8-3-2-4-9-18/h2-14,17H,15-16H2,1H3,(H,26,30). The van der Waals surface area contributed by atoms with Gasteiger partial charge in [0.2, 0.25) is 11.7 Å². The molecule has 8 heteroatoms. The number of rotatable bonds is 8. The van der Waals surface area contributed by atoms with Gasteiger partial charge in [0.05, 0.1) is 24.6 Å². The Bertz CT molecular complexity index is 1330. The summed E-state index contributed by atoms with van der Waals surface area (Å²) < 4.78 is 13.4.